The zero-order valence-electron chi connectivity index (χ0n) is 12.2. The third-order valence-corrected chi connectivity index (χ3v) is 3.77. The summed E-state index contributed by atoms with van der Waals surface area (Å²) in [5, 5.41) is 0. The van der Waals surface area contributed by atoms with Gasteiger partial charge in [-0.2, -0.15) is 0 Å². The molecule has 0 aliphatic heterocycles. The Kier molecular flexibility index (Phi) is 3.33. The van der Waals surface area contributed by atoms with Crippen LogP contribution in [-0.2, 0) is 0 Å². The maximum atomic E-state index is 12.7. The first-order chi connectivity index (χ1) is 10.1. The van der Waals surface area contributed by atoms with Crippen LogP contribution in [0.15, 0.2) is 36.5 Å². The van der Waals surface area contributed by atoms with E-state index in [9.17, 15) is 4.79 Å². The molecule has 1 fully saturated rings. The number of carbonyl (C=O) groups excluding carboxylic acids is 1. The maximum absolute atomic E-state index is 12.7. The predicted octanol–water partition coefficient (Wildman–Crippen LogP) is 2.69. The van der Waals surface area contributed by atoms with Crippen molar-refractivity contribution in [3.8, 4) is 5.75 Å². The summed E-state index contributed by atoms with van der Waals surface area (Å²) in [6.45, 7) is 0. The van der Waals surface area contributed by atoms with Gasteiger partial charge < -0.3 is 19.9 Å². The van der Waals surface area contributed by atoms with Crippen molar-refractivity contribution in [1.82, 2.24) is 4.57 Å². The van der Waals surface area contributed by atoms with Crippen molar-refractivity contribution in [2.45, 2.75) is 18.9 Å². The van der Waals surface area contributed by atoms with Gasteiger partial charge in [0.25, 0.3) is 5.91 Å². The van der Waals surface area contributed by atoms with Crippen molar-refractivity contribution in [3.63, 3.8) is 0 Å². The zero-order chi connectivity index (χ0) is 15.0. The first-order valence-corrected chi connectivity index (χ1v) is 6.99. The summed E-state index contributed by atoms with van der Waals surface area (Å²) in [7, 11) is 3.37. The van der Waals surface area contributed by atoms with Crippen LogP contribution in [0, 0.1) is 0 Å². The minimum absolute atomic E-state index is 0.0631. The average Bonchev–Trinajstić information content (AvgIpc) is 3.28. The molecule has 0 saturated heterocycles. The number of rotatable bonds is 4. The first-order valence-electron chi connectivity index (χ1n) is 6.99. The van der Waals surface area contributed by atoms with Crippen LogP contribution in [0.5, 0.6) is 5.75 Å². The Morgan fingerprint density at radius 1 is 1.38 bits per heavy atom. The van der Waals surface area contributed by atoms with E-state index in [0.29, 0.717) is 17.4 Å². The van der Waals surface area contributed by atoms with E-state index >= 15 is 0 Å². The molecule has 5 nitrogen and oxygen atoms in total. The molecule has 0 bridgehead atoms. The van der Waals surface area contributed by atoms with Crippen molar-refractivity contribution in [1.29, 1.82) is 0 Å². The maximum Gasteiger partial charge on any atom is 0.274 e. The Morgan fingerprint density at radius 3 is 2.81 bits per heavy atom. The van der Waals surface area contributed by atoms with E-state index in [1.807, 2.05) is 35.0 Å². The molecule has 5 heteroatoms. The summed E-state index contributed by atoms with van der Waals surface area (Å²) in [6.07, 6.45) is 4.07. The molecule has 1 heterocycles. The van der Waals surface area contributed by atoms with Crippen LogP contribution in [0.25, 0.3) is 0 Å². The molecule has 21 heavy (non-hydrogen) atoms. The fraction of sp³-hybridized carbons (Fsp3) is 0.312. The molecule has 2 N–H and O–H groups in total. The number of methoxy groups -OCH3 is 1. The molecule has 1 aromatic heterocycles. The highest BCUT2D eigenvalue weighted by Gasteiger charge is 2.29. The smallest absolute Gasteiger partial charge is 0.274 e. The zero-order valence-corrected chi connectivity index (χ0v) is 12.2. The van der Waals surface area contributed by atoms with Gasteiger partial charge in [-0.05, 0) is 31.0 Å². The number of carbonyl (C=O) groups is 1. The van der Waals surface area contributed by atoms with Crippen LogP contribution < -0.4 is 15.4 Å². The highest BCUT2D eigenvalue weighted by Crippen LogP contribution is 2.37. The van der Waals surface area contributed by atoms with Gasteiger partial charge in [0, 0.05) is 31.0 Å². The van der Waals surface area contributed by atoms with Gasteiger partial charge in [-0.15, -0.1) is 0 Å². The second-order valence-corrected chi connectivity index (χ2v) is 5.36. The van der Waals surface area contributed by atoms with Gasteiger partial charge in [-0.3, -0.25) is 4.79 Å². The molecule has 0 spiro atoms. The summed E-state index contributed by atoms with van der Waals surface area (Å²) in [5.74, 6) is 0.663. The number of nitrogens with two attached hydrogens (primary N) is 1. The van der Waals surface area contributed by atoms with E-state index < -0.39 is 0 Å². The molecule has 1 amide bonds. The molecule has 1 saturated carbocycles. The van der Waals surface area contributed by atoms with Crippen molar-refractivity contribution >= 4 is 17.3 Å². The Morgan fingerprint density at radius 2 is 2.14 bits per heavy atom. The van der Waals surface area contributed by atoms with Crippen molar-refractivity contribution in [2.24, 2.45) is 0 Å². The van der Waals surface area contributed by atoms with Gasteiger partial charge in [0.15, 0.2) is 0 Å². The summed E-state index contributed by atoms with van der Waals surface area (Å²) < 4.78 is 7.20. The second kappa shape index (κ2) is 5.16. The molecule has 3 rings (SSSR count). The van der Waals surface area contributed by atoms with Crippen molar-refractivity contribution < 1.29 is 9.53 Å². The number of hydrogen-bond donors (Lipinski definition) is 1. The number of amides is 1. The van der Waals surface area contributed by atoms with Gasteiger partial charge in [0.2, 0.25) is 0 Å². The lowest BCUT2D eigenvalue weighted by molar-refractivity contribution is 0.0984. The lowest BCUT2D eigenvalue weighted by Crippen LogP contribution is -2.28. The average molecular weight is 285 g/mol. The fourth-order valence-electron chi connectivity index (χ4n) is 2.43. The lowest BCUT2D eigenvalue weighted by atomic mass is 10.2. The molecular weight excluding hydrogens is 266 g/mol. The topological polar surface area (TPSA) is 60.5 Å². The minimum atomic E-state index is -0.0631. The van der Waals surface area contributed by atoms with Crippen LogP contribution >= 0.6 is 0 Å². The van der Waals surface area contributed by atoms with Crippen LogP contribution in [0.4, 0.5) is 11.4 Å². The standard InChI is InChI=1S/C16H19N3O2/c1-18(13-4-3-5-14(9-13)21-2)16(20)15-8-11(17)10-19(15)12-6-7-12/h3-5,8-10,12H,6-7,17H2,1-2H3. The third-order valence-electron chi connectivity index (χ3n) is 3.77. The number of hydrogen-bond acceptors (Lipinski definition) is 3. The molecule has 110 valence electrons. The van der Waals surface area contributed by atoms with Gasteiger partial charge in [-0.1, -0.05) is 6.07 Å². The predicted molar refractivity (Wildman–Crippen MR) is 82.8 cm³/mol. The van der Waals surface area contributed by atoms with Crippen LogP contribution in [-0.4, -0.2) is 24.6 Å². The van der Waals surface area contributed by atoms with Crippen molar-refractivity contribution in [3.05, 3.63) is 42.2 Å². The molecule has 0 radical (unpaired) electrons. The molecule has 0 atom stereocenters. The lowest BCUT2D eigenvalue weighted by Gasteiger charge is -2.19. The van der Waals surface area contributed by atoms with Gasteiger partial charge >= 0.3 is 0 Å². The number of benzene rings is 1. The second-order valence-electron chi connectivity index (χ2n) is 5.36. The number of aromatic nitrogens is 1. The minimum Gasteiger partial charge on any atom is -0.497 e. The molecule has 1 aliphatic carbocycles. The number of ether oxygens (including phenoxy) is 1. The summed E-state index contributed by atoms with van der Waals surface area (Å²) in [5.41, 5.74) is 7.92. The number of nitrogen functional groups attached to an aromatic ring is 1. The van der Waals surface area contributed by atoms with E-state index in [4.69, 9.17) is 10.5 Å². The van der Waals surface area contributed by atoms with E-state index in [1.54, 1.807) is 25.1 Å². The third kappa shape index (κ3) is 2.59. The molecule has 2 aromatic rings. The Bertz CT molecular complexity index is 674. The largest absolute Gasteiger partial charge is 0.497 e. The van der Waals surface area contributed by atoms with Crippen LogP contribution in [0.2, 0.25) is 0 Å². The number of anilines is 2. The highest BCUT2D eigenvalue weighted by molar-refractivity contribution is 6.05. The molecular formula is C16H19N3O2. The van der Waals surface area contributed by atoms with E-state index in [0.717, 1.165) is 24.3 Å². The van der Waals surface area contributed by atoms with E-state index in [1.165, 1.54) is 0 Å². The van der Waals surface area contributed by atoms with Crippen molar-refractivity contribution in [2.75, 3.05) is 24.8 Å². The summed E-state index contributed by atoms with van der Waals surface area (Å²) in [4.78, 5) is 14.3. The Labute approximate surface area is 123 Å². The SMILES string of the molecule is COc1cccc(N(C)C(=O)c2cc(N)cn2C2CC2)c1. The van der Waals surface area contributed by atoms with E-state index in [2.05, 4.69) is 0 Å². The van der Waals surface area contributed by atoms with Crippen LogP contribution in [0.3, 0.4) is 0 Å². The highest BCUT2D eigenvalue weighted by atomic mass is 16.5. The quantitative estimate of drug-likeness (QED) is 0.939. The van der Waals surface area contributed by atoms with Crippen LogP contribution in [0.1, 0.15) is 29.4 Å². The normalized spacial score (nSPS) is 14.0. The Hall–Kier alpha value is -2.43. The van der Waals surface area contributed by atoms with Gasteiger partial charge in [0.05, 0.1) is 12.8 Å². The monoisotopic (exact) mass is 285 g/mol. The first kappa shape index (κ1) is 13.5. The molecule has 0 unspecified atom stereocenters. The summed E-state index contributed by atoms with van der Waals surface area (Å²) >= 11 is 0. The van der Waals surface area contributed by atoms with E-state index in [-0.39, 0.29) is 5.91 Å². The number of nitrogens with zero attached hydrogens (tertiary/aromatic N) is 2. The Balaban J connectivity index is 1.90. The van der Waals surface area contributed by atoms with Gasteiger partial charge in [-0.25, -0.2) is 0 Å². The molecule has 1 aliphatic rings. The molecule has 1 aromatic carbocycles. The summed E-state index contributed by atoms with van der Waals surface area (Å²) in [6, 6.07) is 9.61. The fourth-order valence-corrected chi connectivity index (χ4v) is 2.43. The van der Waals surface area contributed by atoms with Gasteiger partial charge in [0.1, 0.15) is 11.4 Å².